The molecule has 1 rings (SSSR count). The molecule has 0 amide bonds. The average molecular weight is 1230 g/mol. The highest BCUT2D eigenvalue weighted by Crippen LogP contribution is 2.70. The summed E-state index contributed by atoms with van der Waals surface area (Å²) < 4.78 is -33.8. The van der Waals surface area contributed by atoms with Gasteiger partial charge in [-0.05, 0) is 47.2 Å². The number of unbranched alkanes of at least 4 members (excludes halogenated alkanes) is 1. The maximum atomic E-state index is 6.95. The zero-order valence-corrected chi connectivity index (χ0v) is 42.9. The van der Waals surface area contributed by atoms with Crippen LogP contribution in [0.2, 0.25) is 0 Å². The summed E-state index contributed by atoms with van der Waals surface area (Å²) in [6.45, 7) is 1.80. The minimum atomic E-state index is -2.92. The Balaban J connectivity index is 4.77. The van der Waals surface area contributed by atoms with Gasteiger partial charge in [0.2, 0.25) is 24.4 Å². The molecular formula is C22H11Cl27. The molecule has 0 bridgehead atoms. The lowest BCUT2D eigenvalue weighted by Gasteiger charge is -2.48. The van der Waals surface area contributed by atoms with Crippen molar-refractivity contribution in [1.29, 1.82) is 0 Å². The highest BCUT2D eigenvalue weighted by molar-refractivity contribution is 6.82. The van der Waals surface area contributed by atoms with Crippen molar-refractivity contribution in [3.63, 3.8) is 0 Å². The standard InChI is InChI=1S/C22H11Cl27/c1-2-3-4-8-9(12(25,26)15(31,32)18(37,38)21(44,45)46)5-7(11(23,24)14(29,30)17(35,36)20(41,42)43)6-10(8)13(27,28)16(33,34)19(39,40)22(47,48)49/h5-6H,2-4H2,1H3. The molecule has 0 spiro atoms. The van der Waals surface area contributed by atoms with Gasteiger partial charge in [0.15, 0.2) is 26.0 Å². The molecule has 1 aromatic carbocycles. The third kappa shape index (κ3) is 9.75. The lowest BCUT2D eigenvalue weighted by molar-refractivity contribution is 0.571. The van der Waals surface area contributed by atoms with Gasteiger partial charge in [-0.3, -0.25) is 0 Å². The minimum absolute atomic E-state index is 0.0814. The Labute approximate surface area is 417 Å². The molecule has 0 fully saturated rings. The molecule has 0 heterocycles. The van der Waals surface area contributed by atoms with Crippen LogP contribution in [0, 0.1) is 0 Å². The molecule has 0 saturated carbocycles. The maximum Gasteiger partial charge on any atom is 0.226 e. The number of alkyl halides is 27. The first kappa shape index (κ1) is 54.1. The van der Waals surface area contributed by atoms with E-state index < -0.39 is 67.1 Å². The number of benzene rings is 1. The molecule has 0 aliphatic heterocycles. The Morgan fingerprint density at radius 3 is 0.837 bits per heavy atom. The van der Waals surface area contributed by atoms with Gasteiger partial charge in [0.25, 0.3) is 0 Å². The van der Waals surface area contributed by atoms with E-state index in [2.05, 4.69) is 0 Å². The van der Waals surface area contributed by atoms with Gasteiger partial charge >= 0.3 is 0 Å². The SMILES string of the molecule is CCCCc1c(C(Cl)(Cl)C(Cl)(Cl)C(Cl)(Cl)C(Cl)(Cl)Cl)cc(C(Cl)(Cl)C(Cl)(Cl)C(Cl)(Cl)C(Cl)(Cl)Cl)cc1C(Cl)(Cl)C(Cl)(Cl)C(Cl)(Cl)C(Cl)(Cl)Cl. The van der Waals surface area contributed by atoms with Crippen LogP contribution in [0.15, 0.2) is 12.1 Å². The number of hydrogen-bond donors (Lipinski definition) is 0. The molecule has 0 aliphatic carbocycles. The predicted octanol–water partition coefficient (Wildman–Crippen LogP) is 19.1. The second kappa shape index (κ2) is 17.4. The van der Waals surface area contributed by atoms with Gasteiger partial charge in [-0.1, -0.05) is 327 Å². The molecule has 0 atom stereocenters. The van der Waals surface area contributed by atoms with Gasteiger partial charge in [-0.25, -0.2) is 0 Å². The summed E-state index contributed by atoms with van der Waals surface area (Å²) in [6.07, 6.45) is 0.716. The van der Waals surface area contributed by atoms with Crippen LogP contribution in [0.5, 0.6) is 0 Å². The van der Waals surface area contributed by atoms with Crippen LogP contribution in [0.1, 0.15) is 42.0 Å². The van der Waals surface area contributed by atoms with Crippen molar-refractivity contribution < 1.29 is 0 Å². The molecule has 0 N–H and O–H groups in total. The van der Waals surface area contributed by atoms with E-state index in [0.29, 0.717) is 12.8 Å². The van der Waals surface area contributed by atoms with Gasteiger partial charge in [0.1, 0.15) is 0 Å². The van der Waals surface area contributed by atoms with Crippen molar-refractivity contribution >= 4 is 313 Å². The van der Waals surface area contributed by atoms with Crippen LogP contribution in [-0.2, 0) is 19.4 Å². The molecule has 1 aromatic rings. The van der Waals surface area contributed by atoms with Crippen molar-refractivity contribution in [2.45, 2.75) is 76.6 Å². The van der Waals surface area contributed by atoms with Crippen LogP contribution < -0.4 is 0 Å². The van der Waals surface area contributed by atoms with E-state index in [0.717, 1.165) is 12.1 Å². The Hall–Kier alpha value is 7.05. The average Bonchev–Trinajstić information content (AvgIpc) is 2.88. The van der Waals surface area contributed by atoms with Crippen molar-refractivity contribution in [3.05, 3.63) is 34.4 Å². The highest BCUT2D eigenvalue weighted by atomic mass is 35.6. The zero-order valence-electron chi connectivity index (χ0n) is 22.5. The van der Waals surface area contributed by atoms with E-state index in [-0.39, 0.29) is 12.0 Å². The van der Waals surface area contributed by atoms with E-state index >= 15 is 0 Å². The van der Waals surface area contributed by atoms with Crippen LogP contribution in [0.3, 0.4) is 0 Å². The smallest absolute Gasteiger partial charge is 0.0943 e. The lowest BCUT2D eigenvalue weighted by Crippen LogP contribution is -2.57. The number of halogens is 27. The normalized spacial score (nSPS) is 16.0. The summed E-state index contributed by atoms with van der Waals surface area (Å²) in [7, 11) is 0. The highest BCUT2D eigenvalue weighted by Gasteiger charge is 2.73. The largest absolute Gasteiger partial charge is 0.226 e. The van der Waals surface area contributed by atoms with Gasteiger partial charge in [-0.2, -0.15) is 0 Å². The Bertz CT molecular complexity index is 1270. The second-order valence-corrected chi connectivity index (χ2v) is 28.6. The molecule has 0 saturated heterocycles. The van der Waals surface area contributed by atoms with Crippen molar-refractivity contribution in [1.82, 2.24) is 0 Å². The van der Waals surface area contributed by atoms with Crippen LogP contribution >= 0.6 is 313 Å². The van der Waals surface area contributed by atoms with E-state index in [1.54, 1.807) is 6.92 Å². The topological polar surface area (TPSA) is 0 Å². The van der Waals surface area contributed by atoms with Crippen molar-refractivity contribution in [2.75, 3.05) is 0 Å². The van der Waals surface area contributed by atoms with Gasteiger partial charge in [-0.15, -0.1) is 0 Å². The van der Waals surface area contributed by atoms with Gasteiger partial charge < -0.3 is 0 Å². The van der Waals surface area contributed by atoms with Crippen LogP contribution in [-0.4, -0.2) is 37.4 Å². The van der Waals surface area contributed by atoms with Crippen LogP contribution in [0.25, 0.3) is 0 Å². The predicted molar refractivity (Wildman–Crippen MR) is 233 cm³/mol. The molecule has 0 aliphatic rings. The number of hydrogen-bond acceptors (Lipinski definition) is 0. The first-order valence-corrected chi connectivity index (χ1v) is 22.0. The fraction of sp³-hybridized carbons (Fsp3) is 0.727. The first-order chi connectivity index (χ1) is 21.0. The summed E-state index contributed by atoms with van der Waals surface area (Å²) in [5.41, 5.74) is -1.46. The molecule has 49 heavy (non-hydrogen) atoms. The maximum absolute atomic E-state index is 6.95. The molecule has 0 unspecified atom stereocenters. The minimum Gasteiger partial charge on any atom is -0.0943 e. The summed E-state index contributed by atoms with van der Waals surface area (Å²) in [5, 5.41) is 0. The van der Waals surface area contributed by atoms with Crippen molar-refractivity contribution in [2.24, 2.45) is 0 Å². The molecule has 0 aromatic heterocycles. The Morgan fingerprint density at radius 1 is 0.367 bits per heavy atom. The van der Waals surface area contributed by atoms with E-state index in [1.165, 1.54) is 0 Å². The number of rotatable bonds is 12. The first-order valence-electron chi connectivity index (χ1n) is 11.8. The monoisotopic (exact) mass is 1220 g/mol. The Kier molecular flexibility index (Phi) is 19.2. The summed E-state index contributed by atoms with van der Waals surface area (Å²) in [5.74, 6) is 0. The molecule has 0 nitrogen and oxygen atoms in total. The third-order valence-electron chi connectivity index (χ3n) is 6.50. The fourth-order valence-electron chi connectivity index (χ4n) is 3.68. The quantitative estimate of drug-likeness (QED) is 0.183. The Morgan fingerprint density at radius 2 is 0.612 bits per heavy atom. The second-order valence-electron chi connectivity index (χ2n) is 9.82. The summed E-state index contributed by atoms with van der Waals surface area (Å²) in [4.78, 5) is 0. The van der Waals surface area contributed by atoms with E-state index in [1.807, 2.05) is 0 Å². The van der Waals surface area contributed by atoms with Gasteiger partial charge in [0.05, 0.1) is 0 Å². The van der Waals surface area contributed by atoms with E-state index in [9.17, 15) is 0 Å². The summed E-state index contributed by atoms with van der Waals surface area (Å²) in [6, 6.07) is 2.05. The summed E-state index contributed by atoms with van der Waals surface area (Å²) >= 11 is 174. The van der Waals surface area contributed by atoms with Crippen LogP contribution in [0.4, 0.5) is 0 Å². The van der Waals surface area contributed by atoms with Crippen molar-refractivity contribution in [3.8, 4) is 0 Å². The lowest BCUT2D eigenvalue weighted by atomic mass is 9.86. The third-order valence-corrected chi connectivity index (χ3v) is 22.9. The molecule has 0 radical (unpaired) electrons. The van der Waals surface area contributed by atoms with Gasteiger partial charge in [0, 0.05) is 0 Å². The molecule has 288 valence electrons. The zero-order chi connectivity index (χ0) is 39.8. The fourth-order valence-corrected chi connectivity index (χ4v) is 10.5. The van der Waals surface area contributed by atoms with E-state index in [4.69, 9.17) is 313 Å². The molecule has 27 heteroatoms. The molecular weight excluding hydrogens is 1220 g/mol.